The van der Waals surface area contributed by atoms with E-state index in [1.807, 2.05) is 20.8 Å². The molecule has 0 aliphatic carbocycles. The molecule has 1 amide bonds. The smallest absolute Gasteiger partial charge is 0.264 e. The van der Waals surface area contributed by atoms with Crippen LogP contribution in [-0.2, 0) is 14.8 Å². The lowest BCUT2D eigenvalue weighted by atomic mass is 9.81. The molecule has 2 aromatic carbocycles. The number of para-hydroxylation sites is 2. The maximum atomic E-state index is 13.4. The predicted octanol–water partition coefficient (Wildman–Crippen LogP) is 4.28. The van der Waals surface area contributed by atoms with Crippen LogP contribution >= 0.6 is 0 Å². The molecule has 1 N–H and O–H groups in total. The summed E-state index contributed by atoms with van der Waals surface area (Å²) in [5.41, 5.74) is 0.967. The molecule has 0 aromatic heterocycles. The van der Waals surface area contributed by atoms with Crippen molar-refractivity contribution in [2.24, 2.45) is 5.41 Å². The molecular formula is C24H32N2O4S. The van der Waals surface area contributed by atoms with Crippen LogP contribution in [0.25, 0.3) is 0 Å². The number of benzene rings is 2. The first-order valence-corrected chi connectivity index (χ1v) is 11.9. The van der Waals surface area contributed by atoms with Crippen LogP contribution in [0.4, 0.5) is 5.69 Å². The lowest BCUT2D eigenvalue weighted by molar-refractivity contribution is -0.129. The van der Waals surface area contributed by atoms with Gasteiger partial charge in [-0.2, -0.15) is 0 Å². The molecule has 2 aromatic rings. The van der Waals surface area contributed by atoms with Crippen LogP contribution in [0.2, 0.25) is 0 Å². The Morgan fingerprint density at radius 1 is 1.06 bits per heavy atom. The second-order valence-electron chi connectivity index (χ2n) is 10.0. The van der Waals surface area contributed by atoms with Crippen molar-refractivity contribution >= 4 is 21.6 Å². The van der Waals surface area contributed by atoms with Gasteiger partial charge in [0.25, 0.3) is 15.9 Å². The molecule has 6 nitrogen and oxygen atoms in total. The van der Waals surface area contributed by atoms with Gasteiger partial charge in [0.15, 0.2) is 6.10 Å². The van der Waals surface area contributed by atoms with Crippen molar-refractivity contribution < 1.29 is 17.9 Å². The number of nitrogens with zero attached hydrogens (tertiary/aromatic N) is 1. The van der Waals surface area contributed by atoms with Crippen molar-refractivity contribution in [2.45, 2.75) is 64.5 Å². The summed E-state index contributed by atoms with van der Waals surface area (Å²) in [7, 11) is -3.86. The van der Waals surface area contributed by atoms with Gasteiger partial charge in [-0.3, -0.25) is 9.10 Å². The molecule has 7 heteroatoms. The van der Waals surface area contributed by atoms with Crippen LogP contribution in [0.1, 0.15) is 46.6 Å². The summed E-state index contributed by atoms with van der Waals surface area (Å²) in [6, 6.07) is 13.6. The highest BCUT2D eigenvalue weighted by atomic mass is 32.2. The van der Waals surface area contributed by atoms with E-state index in [1.54, 1.807) is 48.5 Å². The van der Waals surface area contributed by atoms with Gasteiger partial charge in [0.2, 0.25) is 0 Å². The molecule has 0 unspecified atom stereocenters. The fourth-order valence-corrected chi connectivity index (χ4v) is 5.66. The van der Waals surface area contributed by atoms with E-state index in [-0.39, 0.29) is 22.8 Å². The Hall–Kier alpha value is -2.54. The summed E-state index contributed by atoms with van der Waals surface area (Å²) < 4.78 is 34.1. The van der Waals surface area contributed by atoms with E-state index in [2.05, 4.69) is 26.1 Å². The number of fused-ring (bicyclic) bond motifs is 1. The number of hydrogen-bond acceptors (Lipinski definition) is 4. The molecule has 1 aliphatic heterocycles. The minimum absolute atomic E-state index is 0.0254. The molecule has 1 aliphatic rings. The third-order valence-corrected chi connectivity index (χ3v) is 6.86. The number of rotatable bonds is 5. The summed E-state index contributed by atoms with van der Waals surface area (Å²) in [5, 5.41) is 3.05. The van der Waals surface area contributed by atoms with E-state index < -0.39 is 21.7 Å². The van der Waals surface area contributed by atoms with E-state index in [9.17, 15) is 13.2 Å². The van der Waals surface area contributed by atoms with Crippen molar-refractivity contribution in [3.05, 3.63) is 54.1 Å². The van der Waals surface area contributed by atoms with Gasteiger partial charge in [-0.05, 0) is 56.9 Å². The minimum atomic E-state index is -3.86. The molecule has 0 radical (unpaired) electrons. The first-order chi connectivity index (χ1) is 14.3. The van der Waals surface area contributed by atoms with E-state index in [1.165, 1.54) is 4.31 Å². The average Bonchev–Trinajstić information content (AvgIpc) is 2.65. The molecule has 1 atom stereocenters. The van der Waals surface area contributed by atoms with Gasteiger partial charge < -0.3 is 10.1 Å². The van der Waals surface area contributed by atoms with Gasteiger partial charge in [-0.25, -0.2) is 8.42 Å². The Morgan fingerprint density at radius 3 is 2.29 bits per heavy atom. The number of sulfonamides is 1. The van der Waals surface area contributed by atoms with Gasteiger partial charge in [0.05, 0.1) is 17.1 Å². The normalized spacial score (nSPS) is 17.0. The summed E-state index contributed by atoms with van der Waals surface area (Å²) in [6.45, 7) is 12.1. The highest BCUT2D eigenvalue weighted by Crippen LogP contribution is 2.37. The van der Waals surface area contributed by atoms with Gasteiger partial charge in [0.1, 0.15) is 5.75 Å². The molecule has 0 bridgehead atoms. The lowest BCUT2D eigenvalue weighted by Gasteiger charge is -2.38. The number of hydrogen-bond donors (Lipinski definition) is 1. The largest absolute Gasteiger partial charge is 0.476 e. The maximum absolute atomic E-state index is 13.4. The van der Waals surface area contributed by atoms with Crippen molar-refractivity contribution in [2.75, 3.05) is 10.8 Å². The van der Waals surface area contributed by atoms with Gasteiger partial charge in [-0.15, -0.1) is 0 Å². The van der Waals surface area contributed by atoms with Crippen molar-refractivity contribution in [3.63, 3.8) is 0 Å². The standard InChI is InChI=1S/C24H32N2O4S/c1-17-11-13-18(14-12-17)31(28,29)26-15-21(30-20-10-8-7-9-19(20)26)22(27)25-24(5,6)16-23(2,3)4/h7-14,21H,15-16H2,1-6H3,(H,25,27)/t21-/m0/s1. The van der Waals surface area contributed by atoms with Crippen LogP contribution in [0.5, 0.6) is 5.75 Å². The minimum Gasteiger partial charge on any atom is -0.476 e. The zero-order chi connectivity index (χ0) is 23.0. The molecule has 0 spiro atoms. The Balaban J connectivity index is 1.91. The highest BCUT2D eigenvalue weighted by molar-refractivity contribution is 7.92. The fraction of sp³-hybridized carbons (Fsp3) is 0.458. The summed E-state index contributed by atoms with van der Waals surface area (Å²) >= 11 is 0. The Kier molecular flexibility index (Phi) is 6.11. The predicted molar refractivity (Wildman–Crippen MR) is 123 cm³/mol. The molecule has 0 saturated heterocycles. The van der Waals surface area contributed by atoms with E-state index >= 15 is 0 Å². The van der Waals surface area contributed by atoms with Gasteiger partial charge in [0, 0.05) is 5.54 Å². The van der Waals surface area contributed by atoms with Gasteiger partial charge in [-0.1, -0.05) is 50.6 Å². The first kappa shape index (κ1) is 23.1. The molecule has 0 fully saturated rings. The first-order valence-electron chi connectivity index (χ1n) is 10.5. The second-order valence-corrected chi connectivity index (χ2v) is 11.9. The zero-order valence-corrected chi connectivity index (χ0v) is 19.9. The Bertz CT molecular complexity index is 1050. The quantitative estimate of drug-likeness (QED) is 0.747. The van der Waals surface area contributed by atoms with Crippen LogP contribution in [0, 0.1) is 12.3 Å². The van der Waals surface area contributed by atoms with Gasteiger partial charge >= 0.3 is 0 Å². The number of carbonyl (C=O) groups is 1. The average molecular weight is 445 g/mol. The molecule has 0 saturated carbocycles. The van der Waals surface area contributed by atoms with Crippen molar-refractivity contribution in [1.82, 2.24) is 5.32 Å². The monoisotopic (exact) mass is 444 g/mol. The van der Waals surface area contributed by atoms with Crippen LogP contribution < -0.4 is 14.4 Å². The van der Waals surface area contributed by atoms with E-state index in [0.29, 0.717) is 11.4 Å². The molecule has 168 valence electrons. The van der Waals surface area contributed by atoms with Crippen LogP contribution in [0.3, 0.4) is 0 Å². The summed E-state index contributed by atoms with van der Waals surface area (Å²) in [5.74, 6) is 0.0473. The molecular weight excluding hydrogens is 412 g/mol. The number of aryl methyl sites for hydroxylation is 1. The number of ether oxygens (including phenoxy) is 1. The zero-order valence-electron chi connectivity index (χ0n) is 19.1. The van der Waals surface area contributed by atoms with Crippen molar-refractivity contribution in [1.29, 1.82) is 0 Å². The number of carbonyl (C=O) groups excluding carboxylic acids is 1. The highest BCUT2D eigenvalue weighted by Gasteiger charge is 2.39. The SMILES string of the molecule is Cc1ccc(S(=O)(=O)N2C[C@@H](C(=O)NC(C)(C)CC(C)(C)C)Oc3ccccc32)cc1. The number of nitrogens with one attached hydrogen (secondary N) is 1. The number of amides is 1. The van der Waals surface area contributed by atoms with E-state index in [4.69, 9.17) is 4.74 Å². The fourth-order valence-electron chi connectivity index (χ4n) is 4.19. The third kappa shape index (κ3) is 5.39. The summed E-state index contributed by atoms with van der Waals surface area (Å²) in [6.07, 6.45) is -0.185. The van der Waals surface area contributed by atoms with E-state index in [0.717, 1.165) is 12.0 Å². The summed E-state index contributed by atoms with van der Waals surface area (Å²) in [4.78, 5) is 13.3. The van der Waals surface area contributed by atoms with Crippen LogP contribution in [0.15, 0.2) is 53.4 Å². The molecule has 3 rings (SSSR count). The van der Waals surface area contributed by atoms with Crippen LogP contribution in [-0.4, -0.2) is 32.5 Å². The molecule has 31 heavy (non-hydrogen) atoms. The third-order valence-electron chi connectivity index (χ3n) is 5.07. The maximum Gasteiger partial charge on any atom is 0.264 e. The number of anilines is 1. The Morgan fingerprint density at radius 2 is 1.68 bits per heavy atom. The Labute approximate surface area is 185 Å². The second kappa shape index (κ2) is 8.19. The van der Waals surface area contributed by atoms with Crippen molar-refractivity contribution in [3.8, 4) is 5.75 Å². The topological polar surface area (TPSA) is 75.7 Å². The molecule has 1 heterocycles. The lowest BCUT2D eigenvalue weighted by Crippen LogP contribution is -2.55.